The predicted octanol–water partition coefficient (Wildman–Crippen LogP) is 1.64. The van der Waals surface area contributed by atoms with Crippen molar-refractivity contribution in [1.82, 2.24) is 10.2 Å². The van der Waals surface area contributed by atoms with Crippen LogP contribution in [0.1, 0.15) is 26.2 Å². The first-order valence-electron chi connectivity index (χ1n) is 8.57. The maximum Gasteiger partial charge on any atom is 0.249 e. The molecule has 1 heterocycles. The molecule has 0 aromatic heterocycles. The van der Waals surface area contributed by atoms with Crippen molar-refractivity contribution in [1.29, 1.82) is 0 Å². The highest BCUT2D eigenvalue weighted by atomic mass is 16.2. The van der Waals surface area contributed by atoms with Gasteiger partial charge in [-0.25, -0.2) is 0 Å². The Morgan fingerprint density at radius 3 is 2.65 bits per heavy atom. The van der Waals surface area contributed by atoms with E-state index in [9.17, 15) is 9.59 Å². The van der Waals surface area contributed by atoms with E-state index in [-0.39, 0.29) is 17.9 Å². The summed E-state index contributed by atoms with van der Waals surface area (Å²) in [5, 5.41) is 3.23. The molecule has 2 fully saturated rings. The molecule has 1 atom stereocenters. The summed E-state index contributed by atoms with van der Waals surface area (Å²) in [6.45, 7) is 4.44. The van der Waals surface area contributed by atoms with Gasteiger partial charge in [0.2, 0.25) is 11.8 Å². The molecule has 1 unspecified atom stereocenters. The second kappa shape index (κ2) is 7.13. The molecule has 5 heteroatoms. The van der Waals surface area contributed by atoms with Gasteiger partial charge in [-0.1, -0.05) is 18.2 Å². The van der Waals surface area contributed by atoms with Crippen molar-refractivity contribution in [2.24, 2.45) is 5.92 Å². The first kappa shape index (κ1) is 16.0. The summed E-state index contributed by atoms with van der Waals surface area (Å²) in [6.07, 6.45) is 3.24. The van der Waals surface area contributed by atoms with Crippen LogP contribution in [0.5, 0.6) is 0 Å². The smallest absolute Gasteiger partial charge is 0.249 e. The van der Waals surface area contributed by atoms with Crippen molar-refractivity contribution < 1.29 is 9.59 Å². The molecule has 0 bridgehead atoms. The Balaban J connectivity index is 1.59. The van der Waals surface area contributed by atoms with Gasteiger partial charge >= 0.3 is 0 Å². The lowest BCUT2D eigenvalue weighted by atomic mass is 10.2. The zero-order valence-corrected chi connectivity index (χ0v) is 13.7. The third-order valence-corrected chi connectivity index (χ3v) is 4.69. The van der Waals surface area contributed by atoms with Crippen LogP contribution in [0.3, 0.4) is 0 Å². The van der Waals surface area contributed by atoms with Crippen LogP contribution in [-0.2, 0) is 9.59 Å². The van der Waals surface area contributed by atoms with Crippen LogP contribution in [0.4, 0.5) is 5.69 Å². The van der Waals surface area contributed by atoms with Gasteiger partial charge in [0.25, 0.3) is 0 Å². The molecule has 2 amide bonds. The predicted molar refractivity (Wildman–Crippen MR) is 90.2 cm³/mol. The van der Waals surface area contributed by atoms with Crippen LogP contribution in [0.25, 0.3) is 0 Å². The summed E-state index contributed by atoms with van der Waals surface area (Å²) < 4.78 is 0. The van der Waals surface area contributed by atoms with E-state index in [1.807, 2.05) is 37.3 Å². The maximum absolute atomic E-state index is 12.7. The van der Waals surface area contributed by atoms with Crippen LogP contribution in [0, 0.1) is 5.92 Å². The Kier molecular flexibility index (Phi) is 4.96. The lowest BCUT2D eigenvalue weighted by molar-refractivity contribution is -0.137. The third-order valence-electron chi connectivity index (χ3n) is 4.69. The molecule has 1 aromatic carbocycles. The van der Waals surface area contributed by atoms with Crippen molar-refractivity contribution in [2.75, 3.05) is 31.1 Å². The van der Waals surface area contributed by atoms with Gasteiger partial charge < -0.3 is 15.1 Å². The van der Waals surface area contributed by atoms with E-state index in [0.29, 0.717) is 26.1 Å². The number of carbonyl (C=O) groups excluding carboxylic acids is 2. The molecule has 1 saturated heterocycles. The largest absolute Gasteiger partial charge is 0.330 e. The van der Waals surface area contributed by atoms with Gasteiger partial charge in [0.15, 0.2) is 0 Å². The number of para-hydroxylation sites is 1. The number of rotatable bonds is 7. The minimum atomic E-state index is -0.324. The average Bonchev–Trinajstić information content (AvgIpc) is 3.32. The molecule has 1 N–H and O–H groups in total. The van der Waals surface area contributed by atoms with Gasteiger partial charge in [-0.15, -0.1) is 0 Å². The van der Waals surface area contributed by atoms with Crippen LogP contribution >= 0.6 is 0 Å². The average molecular weight is 315 g/mol. The van der Waals surface area contributed by atoms with Gasteiger partial charge in [0.05, 0.1) is 6.54 Å². The number of likely N-dealkylation sites (N-methyl/N-ethyl adjacent to an activating group) is 1. The fourth-order valence-electron chi connectivity index (χ4n) is 3.20. The Bertz CT molecular complexity index is 557. The summed E-state index contributed by atoms with van der Waals surface area (Å²) >= 11 is 0. The number of benzene rings is 1. The molecule has 1 aliphatic carbocycles. The normalized spacial score (nSPS) is 20.8. The third kappa shape index (κ3) is 3.72. The van der Waals surface area contributed by atoms with E-state index in [2.05, 4.69) is 5.32 Å². The number of amides is 2. The van der Waals surface area contributed by atoms with Crippen molar-refractivity contribution in [2.45, 2.75) is 32.2 Å². The van der Waals surface area contributed by atoms with E-state index < -0.39 is 0 Å². The van der Waals surface area contributed by atoms with Gasteiger partial charge in [-0.2, -0.15) is 0 Å². The molecular weight excluding hydrogens is 290 g/mol. The number of nitrogens with zero attached hydrogens (tertiary/aromatic N) is 2. The highest BCUT2D eigenvalue weighted by Crippen LogP contribution is 2.27. The molecule has 1 aromatic rings. The zero-order chi connectivity index (χ0) is 16.2. The maximum atomic E-state index is 12.7. The fraction of sp³-hybridized carbons (Fsp3) is 0.556. The Morgan fingerprint density at radius 2 is 2.00 bits per heavy atom. The molecule has 0 radical (unpaired) electrons. The summed E-state index contributed by atoms with van der Waals surface area (Å²) in [7, 11) is 0. The SMILES string of the molecule is CCN(C(=O)CNCC1CC1)C1CCN(c2ccccc2)C1=O. The second-order valence-electron chi connectivity index (χ2n) is 6.38. The summed E-state index contributed by atoms with van der Waals surface area (Å²) in [5.74, 6) is 0.814. The number of nitrogens with one attached hydrogen (secondary N) is 1. The second-order valence-corrected chi connectivity index (χ2v) is 6.38. The monoisotopic (exact) mass is 315 g/mol. The fourth-order valence-corrected chi connectivity index (χ4v) is 3.20. The van der Waals surface area contributed by atoms with E-state index in [4.69, 9.17) is 0 Å². The highest BCUT2D eigenvalue weighted by Gasteiger charge is 2.38. The number of anilines is 1. The summed E-state index contributed by atoms with van der Waals surface area (Å²) in [5.41, 5.74) is 0.912. The molecule has 1 aliphatic heterocycles. The Hall–Kier alpha value is -1.88. The Morgan fingerprint density at radius 1 is 1.26 bits per heavy atom. The molecule has 2 aliphatic rings. The van der Waals surface area contributed by atoms with Crippen LogP contribution < -0.4 is 10.2 Å². The van der Waals surface area contributed by atoms with E-state index >= 15 is 0 Å². The standard InChI is InChI=1S/C18H25N3O2/c1-2-20(17(22)13-19-12-14-8-9-14)16-10-11-21(18(16)23)15-6-4-3-5-7-15/h3-7,14,16,19H,2,8-13H2,1H3. The molecule has 5 nitrogen and oxygen atoms in total. The van der Waals surface area contributed by atoms with Crippen molar-refractivity contribution >= 4 is 17.5 Å². The number of hydrogen-bond donors (Lipinski definition) is 1. The van der Waals surface area contributed by atoms with Crippen molar-refractivity contribution in [3.8, 4) is 0 Å². The minimum Gasteiger partial charge on any atom is -0.330 e. The summed E-state index contributed by atoms with van der Waals surface area (Å²) in [4.78, 5) is 28.7. The van der Waals surface area contributed by atoms with Gasteiger partial charge in [0.1, 0.15) is 6.04 Å². The van der Waals surface area contributed by atoms with E-state index in [1.54, 1.807) is 9.80 Å². The quantitative estimate of drug-likeness (QED) is 0.832. The van der Waals surface area contributed by atoms with Gasteiger partial charge in [-0.3, -0.25) is 9.59 Å². The zero-order valence-electron chi connectivity index (χ0n) is 13.7. The van der Waals surface area contributed by atoms with Crippen molar-refractivity contribution in [3.05, 3.63) is 30.3 Å². The summed E-state index contributed by atoms with van der Waals surface area (Å²) in [6, 6.07) is 9.36. The molecule has 23 heavy (non-hydrogen) atoms. The molecule has 1 saturated carbocycles. The molecule has 124 valence electrons. The first-order chi connectivity index (χ1) is 11.2. The minimum absolute atomic E-state index is 0.0291. The Labute approximate surface area is 137 Å². The van der Waals surface area contributed by atoms with Gasteiger partial charge in [0, 0.05) is 18.8 Å². The lowest BCUT2D eigenvalue weighted by Gasteiger charge is -2.27. The first-order valence-corrected chi connectivity index (χ1v) is 8.57. The highest BCUT2D eigenvalue weighted by molar-refractivity contribution is 6.01. The number of hydrogen-bond acceptors (Lipinski definition) is 3. The van der Waals surface area contributed by atoms with Crippen LogP contribution in [0.15, 0.2) is 30.3 Å². The topological polar surface area (TPSA) is 52.7 Å². The van der Waals surface area contributed by atoms with Crippen LogP contribution in [-0.4, -0.2) is 48.9 Å². The molecule has 3 rings (SSSR count). The van der Waals surface area contributed by atoms with E-state index in [1.165, 1.54) is 12.8 Å². The number of carbonyl (C=O) groups is 2. The van der Waals surface area contributed by atoms with Crippen LogP contribution in [0.2, 0.25) is 0 Å². The lowest BCUT2D eigenvalue weighted by Crippen LogP contribution is -2.48. The molecular formula is C18H25N3O2. The van der Waals surface area contributed by atoms with E-state index in [0.717, 1.165) is 18.2 Å². The molecule has 0 spiro atoms. The van der Waals surface area contributed by atoms with Gasteiger partial charge in [-0.05, 0) is 50.8 Å². The van der Waals surface area contributed by atoms with Crippen molar-refractivity contribution in [3.63, 3.8) is 0 Å².